The molecule has 0 heterocycles. The van der Waals surface area contributed by atoms with Crippen LogP contribution in [0, 0.1) is 16.7 Å². The molecule has 2 aliphatic rings. The number of nitrogens with one attached hydrogen (secondary N) is 1. The third-order valence-corrected chi connectivity index (χ3v) is 7.44. The summed E-state index contributed by atoms with van der Waals surface area (Å²) in [7, 11) is 0.130. The molecule has 0 aromatic rings. The number of hydrogen-bond acceptors (Lipinski definition) is 4. The summed E-state index contributed by atoms with van der Waals surface area (Å²) in [6, 6.07) is 0. The Bertz CT molecular complexity index is 556. The summed E-state index contributed by atoms with van der Waals surface area (Å²) in [4.78, 5) is 13.4. The van der Waals surface area contributed by atoms with Gasteiger partial charge in [-0.05, 0) is 37.0 Å². The van der Waals surface area contributed by atoms with E-state index in [2.05, 4.69) is 21.0 Å². The normalized spacial score (nSPS) is 26.9. The molecule has 0 aromatic heterocycles. The van der Waals surface area contributed by atoms with Crippen LogP contribution in [0.25, 0.3) is 0 Å². The number of carbonyl (C=O) groups excluding carboxylic acids is 1. The summed E-state index contributed by atoms with van der Waals surface area (Å²) >= 11 is 0. The molecule has 2 unspecified atom stereocenters. The van der Waals surface area contributed by atoms with Crippen LogP contribution < -0.4 is 4.90 Å². The smallest absolute Gasteiger partial charge is 0.140 e. The number of Topliss-reactive ketones (excluding diaryl/α,β-unsaturated/α-hetero) is 1. The van der Waals surface area contributed by atoms with E-state index in [1.165, 1.54) is 45.1 Å². The van der Waals surface area contributed by atoms with Gasteiger partial charge in [-0.3, -0.25) is 4.79 Å². The molecule has 2 bridgehead atoms. The number of quaternary nitrogens is 1. The van der Waals surface area contributed by atoms with Gasteiger partial charge in [0.2, 0.25) is 0 Å². The largest absolute Gasteiger partial charge is 0.748 e. The van der Waals surface area contributed by atoms with E-state index in [0.717, 1.165) is 6.42 Å². The minimum atomic E-state index is -4.33. The van der Waals surface area contributed by atoms with Crippen molar-refractivity contribution in [2.75, 3.05) is 26.4 Å². The molecule has 154 valence electrons. The summed E-state index contributed by atoms with van der Waals surface area (Å²) < 4.78 is 32.7. The maximum Gasteiger partial charge on any atom is 0.140 e. The molecule has 0 spiro atoms. The van der Waals surface area contributed by atoms with Gasteiger partial charge < -0.3 is 9.45 Å². The van der Waals surface area contributed by atoms with Crippen LogP contribution in [0.15, 0.2) is 0 Å². The van der Waals surface area contributed by atoms with E-state index in [1.54, 1.807) is 4.90 Å². The van der Waals surface area contributed by atoms with Gasteiger partial charge in [0.15, 0.2) is 0 Å². The van der Waals surface area contributed by atoms with Crippen LogP contribution in [-0.4, -0.2) is 45.1 Å². The van der Waals surface area contributed by atoms with Gasteiger partial charge in [-0.2, -0.15) is 0 Å². The Kier molecular flexibility index (Phi) is 8.75. The van der Waals surface area contributed by atoms with Crippen molar-refractivity contribution in [2.45, 2.75) is 78.6 Å². The first kappa shape index (κ1) is 23.6. The molecule has 1 N–H and O–H groups in total. The second-order valence-corrected chi connectivity index (χ2v) is 10.5. The van der Waals surface area contributed by atoms with Gasteiger partial charge in [-0.25, -0.2) is 8.42 Å². The fraction of sp³-hybridized carbons (Fsp3) is 0.950. The maximum atomic E-state index is 11.8. The quantitative estimate of drug-likeness (QED) is 0.485. The zero-order valence-corrected chi connectivity index (χ0v) is 18.2. The molecule has 26 heavy (non-hydrogen) atoms. The van der Waals surface area contributed by atoms with Crippen molar-refractivity contribution in [3.63, 3.8) is 0 Å². The molecule has 6 heteroatoms. The predicted octanol–water partition coefficient (Wildman–Crippen LogP) is 2.42. The summed E-state index contributed by atoms with van der Waals surface area (Å²) in [5.74, 6) is -0.280. The van der Waals surface area contributed by atoms with Crippen LogP contribution in [0.1, 0.15) is 78.6 Å². The second-order valence-electron chi connectivity index (χ2n) is 9.09. The lowest BCUT2D eigenvalue weighted by atomic mass is 9.70. The molecule has 2 rings (SSSR count). The second kappa shape index (κ2) is 9.65. The molecule has 0 amide bonds. The van der Waals surface area contributed by atoms with Gasteiger partial charge in [0.05, 0.1) is 36.5 Å². The Balaban J connectivity index is 0.000000276. The van der Waals surface area contributed by atoms with Crippen LogP contribution in [-0.2, 0) is 14.9 Å². The highest BCUT2D eigenvalue weighted by Crippen LogP contribution is 2.64. The monoisotopic (exact) mass is 389 g/mol. The summed E-state index contributed by atoms with van der Waals surface area (Å²) in [6.45, 7) is 7.44. The highest BCUT2D eigenvalue weighted by molar-refractivity contribution is 7.85. The van der Waals surface area contributed by atoms with E-state index in [0.29, 0.717) is 12.8 Å². The molecule has 2 aliphatic carbocycles. The van der Waals surface area contributed by atoms with Crippen LogP contribution in [0.2, 0.25) is 0 Å². The van der Waals surface area contributed by atoms with Crippen LogP contribution in [0.5, 0.6) is 0 Å². The molecule has 2 saturated carbocycles. The van der Waals surface area contributed by atoms with Crippen molar-refractivity contribution >= 4 is 15.9 Å². The number of fused-ring (bicyclic) bond motifs is 2. The number of rotatable bonds is 9. The van der Waals surface area contributed by atoms with Crippen LogP contribution >= 0.6 is 0 Å². The van der Waals surface area contributed by atoms with Gasteiger partial charge in [0.1, 0.15) is 5.78 Å². The first-order valence-electron chi connectivity index (χ1n) is 10.2. The lowest BCUT2D eigenvalue weighted by Gasteiger charge is -2.37. The summed E-state index contributed by atoms with van der Waals surface area (Å²) in [5, 5.41) is 0. The van der Waals surface area contributed by atoms with Gasteiger partial charge >= 0.3 is 0 Å². The van der Waals surface area contributed by atoms with Gasteiger partial charge in [-0.1, -0.05) is 46.5 Å². The van der Waals surface area contributed by atoms with Gasteiger partial charge in [0, 0.05) is 11.8 Å². The lowest BCUT2D eigenvalue weighted by Crippen LogP contribution is -3.05. The van der Waals surface area contributed by atoms with Crippen molar-refractivity contribution in [1.29, 1.82) is 0 Å². The fourth-order valence-corrected chi connectivity index (χ4v) is 5.95. The zero-order chi connectivity index (χ0) is 20.0. The van der Waals surface area contributed by atoms with E-state index in [9.17, 15) is 17.8 Å². The summed E-state index contributed by atoms with van der Waals surface area (Å²) in [6.07, 6.45) is 10.4. The van der Waals surface area contributed by atoms with E-state index < -0.39 is 21.3 Å². The van der Waals surface area contributed by atoms with Crippen molar-refractivity contribution in [3.05, 3.63) is 0 Å². The molecule has 0 radical (unpaired) electrons. The fourth-order valence-electron chi connectivity index (χ4n) is 4.67. The third-order valence-electron chi connectivity index (χ3n) is 6.59. The van der Waals surface area contributed by atoms with Crippen molar-refractivity contribution in [2.24, 2.45) is 16.7 Å². The molecule has 2 atom stereocenters. The molecular weight excluding hydrogens is 350 g/mol. The van der Waals surface area contributed by atoms with Crippen LogP contribution in [0.3, 0.4) is 0 Å². The van der Waals surface area contributed by atoms with E-state index in [1.807, 2.05) is 13.8 Å². The topological polar surface area (TPSA) is 78.7 Å². The third kappa shape index (κ3) is 6.03. The molecule has 0 aliphatic heterocycles. The van der Waals surface area contributed by atoms with Crippen molar-refractivity contribution < 1.29 is 22.7 Å². The minimum absolute atomic E-state index is 0.0248. The Morgan fingerprint density at radius 3 is 2.12 bits per heavy atom. The number of ketones is 1. The maximum absolute atomic E-state index is 11.8. The zero-order valence-electron chi connectivity index (χ0n) is 17.4. The van der Waals surface area contributed by atoms with Gasteiger partial charge in [-0.15, -0.1) is 0 Å². The summed E-state index contributed by atoms with van der Waals surface area (Å²) in [5.41, 5.74) is -1.22. The Labute approximate surface area is 160 Å². The minimum Gasteiger partial charge on any atom is -0.748 e. The Morgan fingerprint density at radius 2 is 1.69 bits per heavy atom. The SMILES string of the molecule is CC1(C)C2CCC1(CS(=O)(=O)[O-])C(=O)C2.CCCCCCCC[NH+](C)C. The lowest BCUT2D eigenvalue weighted by molar-refractivity contribution is -0.858. The van der Waals surface area contributed by atoms with Crippen molar-refractivity contribution in [1.82, 2.24) is 0 Å². The average Bonchev–Trinajstić information content (AvgIpc) is 2.83. The molecule has 0 saturated heterocycles. The number of unbranched alkanes of at least 4 members (excludes halogenated alkanes) is 5. The predicted molar refractivity (Wildman–Crippen MR) is 104 cm³/mol. The highest BCUT2D eigenvalue weighted by Gasteiger charge is 2.64. The first-order valence-corrected chi connectivity index (χ1v) is 11.8. The Morgan fingerprint density at radius 1 is 1.12 bits per heavy atom. The van der Waals surface area contributed by atoms with Crippen molar-refractivity contribution in [3.8, 4) is 0 Å². The molecule has 2 fully saturated rings. The van der Waals surface area contributed by atoms with E-state index in [4.69, 9.17) is 0 Å². The average molecular weight is 390 g/mol. The Hall–Kier alpha value is -0.460. The van der Waals surface area contributed by atoms with E-state index in [-0.39, 0.29) is 17.1 Å². The van der Waals surface area contributed by atoms with E-state index >= 15 is 0 Å². The van der Waals surface area contributed by atoms with Gasteiger partial charge in [0.25, 0.3) is 0 Å². The first-order chi connectivity index (χ1) is 12.0. The molecule has 0 aromatic carbocycles. The molecular formula is C20H39NO4S. The number of carbonyl (C=O) groups is 1. The highest BCUT2D eigenvalue weighted by atomic mass is 32.2. The standard InChI is InChI=1S/C10H23N.C10H16O4S/c1-4-5-6-7-8-9-10-11(2)3;1-9(2)7-3-4-10(9,8(11)5-7)6-15(12,13)14/h4-10H2,1-3H3;7H,3-6H2,1-2H3,(H,12,13,14). The molecule has 5 nitrogen and oxygen atoms in total. The number of hydrogen-bond donors (Lipinski definition) is 1. The van der Waals surface area contributed by atoms with Crippen LogP contribution in [0.4, 0.5) is 0 Å².